The number of para-hydroxylation sites is 2. The number of amides is 1. The summed E-state index contributed by atoms with van der Waals surface area (Å²) in [5.41, 5.74) is 4.57. The molecule has 1 amide bonds. The maximum atomic E-state index is 12.3. The number of nitrogens with zero attached hydrogens (tertiary/aromatic N) is 3. The van der Waals surface area contributed by atoms with Crippen molar-refractivity contribution in [2.24, 2.45) is 5.10 Å². The fourth-order valence-corrected chi connectivity index (χ4v) is 4.43. The number of hydrogen-bond donors (Lipinski definition) is 0. The second kappa shape index (κ2) is 8.15. The smallest absolute Gasteiger partial charge is 0.243 e. The molecule has 0 saturated carbocycles. The van der Waals surface area contributed by atoms with E-state index in [4.69, 9.17) is 4.74 Å². The highest BCUT2D eigenvalue weighted by molar-refractivity contribution is 6.08. The minimum absolute atomic E-state index is 0.130. The molecule has 1 atom stereocenters. The van der Waals surface area contributed by atoms with Crippen molar-refractivity contribution in [3.05, 3.63) is 83.9 Å². The second-order valence-corrected chi connectivity index (χ2v) is 8.58. The molecular formula is C27H27N3O2. The van der Waals surface area contributed by atoms with Gasteiger partial charge in [-0.2, -0.15) is 5.01 Å². The standard InChI is InChI=1S/C27H27N3O2/c1-18(2)20-12-14-21(15-13-20)27-30(19(3)31)28-26(32-27)16-17-29-24-10-6-4-8-22(24)23-9-5-7-11-25(23)29/h4-15,18,27H,16-17H2,1-3H3. The van der Waals surface area contributed by atoms with E-state index in [0.717, 1.165) is 12.1 Å². The summed E-state index contributed by atoms with van der Waals surface area (Å²) in [7, 11) is 0. The van der Waals surface area contributed by atoms with Crippen LogP contribution < -0.4 is 0 Å². The van der Waals surface area contributed by atoms with Gasteiger partial charge in [0.15, 0.2) is 0 Å². The third-order valence-electron chi connectivity index (χ3n) is 6.13. The molecule has 4 aromatic rings. The van der Waals surface area contributed by atoms with E-state index in [1.807, 2.05) is 12.1 Å². The van der Waals surface area contributed by atoms with Crippen molar-refractivity contribution in [1.82, 2.24) is 9.58 Å². The van der Waals surface area contributed by atoms with Crippen LogP contribution in [0.1, 0.15) is 50.5 Å². The summed E-state index contributed by atoms with van der Waals surface area (Å²) < 4.78 is 8.49. The molecule has 0 fully saturated rings. The van der Waals surface area contributed by atoms with E-state index in [9.17, 15) is 4.79 Å². The van der Waals surface area contributed by atoms with Crippen LogP contribution in [0.4, 0.5) is 0 Å². The van der Waals surface area contributed by atoms with Crippen LogP contribution in [0.25, 0.3) is 21.8 Å². The summed E-state index contributed by atoms with van der Waals surface area (Å²) in [6.45, 7) is 6.58. The maximum absolute atomic E-state index is 12.3. The third-order valence-corrected chi connectivity index (χ3v) is 6.13. The fourth-order valence-electron chi connectivity index (χ4n) is 4.43. The van der Waals surface area contributed by atoms with E-state index in [1.165, 1.54) is 39.3 Å². The number of aryl methyl sites for hydroxylation is 1. The van der Waals surface area contributed by atoms with Crippen molar-refractivity contribution in [3.63, 3.8) is 0 Å². The van der Waals surface area contributed by atoms with Crippen molar-refractivity contribution in [2.45, 2.75) is 45.9 Å². The molecule has 1 aliphatic heterocycles. The number of hydrogen-bond acceptors (Lipinski definition) is 3. The SMILES string of the molecule is CC(=O)N1N=C(CCn2c3ccccc3c3ccccc32)OC1c1ccc(C(C)C)cc1. The van der Waals surface area contributed by atoms with Crippen LogP contribution in [-0.2, 0) is 16.1 Å². The van der Waals surface area contributed by atoms with E-state index in [-0.39, 0.29) is 5.91 Å². The summed E-state index contributed by atoms with van der Waals surface area (Å²) in [6, 6.07) is 25.1. The zero-order valence-corrected chi connectivity index (χ0v) is 18.7. The van der Waals surface area contributed by atoms with Gasteiger partial charge in [-0.25, -0.2) is 0 Å². The van der Waals surface area contributed by atoms with Gasteiger partial charge < -0.3 is 9.30 Å². The van der Waals surface area contributed by atoms with Crippen molar-refractivity contribution >= 4 is 33.6 Å². The number of rotatable bonds is 5. The highest BCUT2D eigenvalue weighted by atomic mass is 16.5. The fraction of sp³-hybridized carbons (Fsp3) is 0.259. The molecule has 5 rings (SSSR count). The number of carbonyl (C=O) groups excluding carboxylic acids is 1. The lowest BCUT2D eigenvalue weighted by Crippen LogP contribution is -2.25. The van der Waals surface area contributed by atoms with Gasteiger partial charge in [-0.15, -0.1) is 5.10 Å². The van der Waals surface area contributed by atoms with Gasteiger partial charge in [0.05, 0.1) is 0 Å². The lowest BCUT2D eigenvalue weighted by atomic mass is 10.0. The Balaban J connectivity index is 1.40. The lowest BCUT2D eigenvalue weighted by Gasteiger charge is -2.20. The molecule has 1 aliphatic rings. The zero-order chi connectivity index (χ0) is 22.2. The summed E-state index contributed by atoms with van der Waals surface area (Å²) >= 11 is 0. The average molecular weight is 426 g/mol. The minimum Gasteiger partial charge on any atom is -0.449 e. The predicted molar refractivity (Wildman–Crippen MR) is 128 cm³/mol. The van der Waals surface area contributed by atoms with Gasteiger partial charge in [0.25, 0.3) is 0 Å². The van der Waals surface area contributed by atoms with Crippen LogP contribution in [0, 0.1) is 0 Å². The molecule has 0 N–H and O–H groups in total. The number of ether oxygens (including phenoxy) is 1. The van der Waals surface area contributed by atoms with Crippen LogP contribution in [0.15, 0.2) is 77.9 Å². The van der Waals surface area contributed by atoms with Crippen LogP contribution >= 0.6 is 0 Å². The number of carbonyl (C=O) groups is 1. The van der Waals surface area contributed by atoms with Gasteiger partial charge in [-0.3, -0.25) is 4.79 Å². The Hall–Kier alpha value is -3.60. The third kappa shape index (κ3) is 3.54. The van der Waals surface area contributed by atoms with E-state index < -0.39 is 6.23 Å². The van der Waals surface area contributed by atoms with Gasteiger partial charge >= 0.3 is 0 Å². The molecule has 3 aromatic carbocycles. The normalized spacial score (nSPS) is 16.1. The molecule has 0 radical (unpaired) electrons. The van der Waals surface area contributed by atoms with E-state index >= 15 is 0 Å². The van der Waals surface area contributed by atoms with Crippen LogP contribution in [0.5, 0.6) is 0 Å². The molecule has 0 saturated heterocycles. The van der Waals surface area contributed by atoms with Crippen molar-refractivity contribution in [3.8, 4) is 0 Å². The summed E-state index contributed by atoms with van der Waals surface area (Å²) in [5.74, 6) is 0.908. The zero-order valence-electron chi connectivity index (χ0n) is 18.7. The Morgan fingerprint density at radius 2 is 1.53 bits per heavy atom. The van der Waals surface area contributed by atoms with Gasteiger partial charge in [0.2, 0.25) is 18.0 Å². The Kier molecular flexibility index (Phi) is 5.17. The minimum atomic E-state index is -0.512. The summed E-state index contributed by atoms with van der Waals surface area (Å²) in [5, 5.41) is 8.46. The molecule has 162 valence electrons. The Morgan fingerprint density at radius 1 is 0.938 bits per heavy atom. The molecule has 1 unspecified atom stereocenters. The first-order valence-electron chi connectivity index (χ1n) is 11.1. The quantitative estimate of drug-likeness (QED) is 0.382. The van der Waals surface area contributed by atoms with Crippen molar-refractivity contribution < 1.29 is 9.53 Å². The largest absolute Gasteiger partial charge is 0.449 e. The number of benzene rings is 3. The highest BCUT2D eigenvalue weighted by Gasteiger charge is 2.32. The predicted octanol–water partition coefficient (Wildman–Crippen LogP) is 6.20. The first-order valence-corrected chi connectivity index (χ1v) is 11.1. The molecule has 32 heavy (non-hydrogen) atoms. The maximum Gasteiger partial charge on any atom is 0.243 e. The topological polar surface area (TPSA) is 46.8 Å². The highest BCUT2D eigenvalue weighted by Crippen LogP contribution is 2.32. The van der Waals surface area contributed by atoms with Crippen molar-refractivity contribution in [2.75, 3.05) is 0 Å². The van der Waals surface area contributed by atoms with E-state index in [0.29, 0.717) is 18.2 Å². The molecular weight excluding hydrogens is 398 g/mol. The number of aromatic nitrogens is 1. The molecule has 0 spiro atoms. The van der Waals surface area contributed by atoms with Crippen molar-refractivity contribution in [1.29, 1.82) is 0 Å². The van der Waals surface area contributed by atoms with Crippen LogP contribution in [0.2, 0.25) is 0 Å². The number of hydrazone groups is 1. The molecule has 0 bridgehead atoms. The first-order chi connectivity index (χ1) is 15.5. The Morgan fingerprint density at radius 3 is 2.09 bits per heavy atom. The second-order valence-electron chi connectivity index (χ2n) is 8.58. The molecule has 5 nitrogen and oxygen atoms in total. The molecule has 0 aliphatic carbocycles. The average Bonchev–Trinajstić information content (AvgIpc) is 3.37. The van der Waals surface area contributed by atoms with Crippen LogP contribution in [0.3, 0.4) is 0 Å². The van der Waals surface area contributed by atoms with Gasteiger partial charge in [-0.1, -0.05) is 74.5 Å². The summed E-state index contributed by atoms with van der Waals surface area (Å²) in [6.07, 6.45) is 0.0920. The number of fused-ring (bicyclic) bond motifs is 3. The van der Waals surface area contributed by atoms with Gasteiger partial charge in [-0.05, 0) is 23.6 Å². The van der Waals surface area contributed by atoms with E-state index in [1.54, 1.807) is 0 Å². The Bertz CT molecular complexity index is 1260. The van der Waals surface area contributed by atoms with Crippen LogP contribution in [-0.4, -0.2) is 21.4 Å². The monoisotopic (exact) mass is 425 g/mol. The first kappa shape index (κ1) is 20.3. The van der Waals surface area contributed by atoms with E-state index in [2.05, 4.69) is 84.2 Å². The lowest BCUT2D eigenvalue weighted by molar-refractivity contribution is -0.135. The molecule has 2 heterocycles. The van der Waals surface area contributed by atoms with Gasteiger partial charge in [0.1, 0.15) is 0 Å². The summed E-state index contributed by atoms with van der Waals surface area (Å²) in [4.78, 5) is 12.3. The Labute approximate surface area is 187 Å². The van der Waals surface area contributed by atoms with Gasteiger partial charge in [0, 0.05) is 47.3 Å². The molecule has 1 aromatic heterocycles. The molecule has 5 heteroatoms.